The summed E-state index contributed by atoms with van der Waals surface area (Å²) < 4.78 is 9.29. The number of hydrogen-bond acceptors (Lipinski definition) is 1. The van der Waals surface area contributed by atoms with Crippen LogP contribution in [-0.4, -0.2) is 4.57 Å². The van der Waals surface area contributed by atoms with E-state index < -0.39 is 0 Å². The first-order valence-corrected chi connectivity index (χ1v) is 22.8. The van der Waals surface area contributed by atoms with Gasteiger partial charge in [-0.2, -0.15) is 0 Å². The molecule has 2 nitrogen and oxygen atoms in total. The predicted molar refractivity (Wildman–Crippen MR) is 280 cm³/mol. The van der Waals surface area contributed by atoms with Crippen LogP contribution in [0.5, 0.6) is 0 Å². The lowest BCUT2D eigenvalue weighted by molar-refractivity contribution is 0.669. The van der Waals surface area contributed by atoms with Gasteiger partial charge in [-0.1, -0.05) is 194 Å². The minimum atomic E-state index is 0.879. The van der Waals surface area contributed by atoms with E-state index in [-0.39, 0.29) is 0 Å². The molecule has 0 atom stereocenters. The molecular formula is C64H39NO. The molecule has 14 aromatic rings. The Labute approximate surface area is 380 Å². The summed E-state index contributed by atoms with van der Waals surface area (Å²) >= 11 is 0. The topological polar surface area (TPSA) is 18.1 Å². The number of nitrogens with zero attached hydrogens (tertiary/aromatic N) is 1. The molecule has 0 N–H and O–H groups in total. The van der Waals surface area contributed by atoms with Crippen molar-refractivity contribution in [2.24, 2.45) is 0 Å². The number of aromatic nitrogens is 1. The van der Waals surface area contributed by atoms with Crippen LogP contribution in [0.4, 0.5) is 0 Å². The SMILES string of the molecule is c1ccc(-c2c3ccccc3c(-c3ccc4c(c3)oc3cccc(-c5c6ccccc6c(-c6ccc(-n7c8ccccc8c8ccccc87)cc6)c6ccccc56)c34)c3ccccc23)cc1. The van der Waals surface area contributed by atoms with E-state index in [2.05, 4.69) is 241 Å². The van der Waals surface area contributed by atoms with Crippen molar-refractivity contribution in [2.45, 2.75) is 0 Å². The quantitative estimate of drug-likeness (QED) is 0.158. The smallest absolute Gasteiger partial charge is 0.136 e. The minimum Gasteiger partial charge on any atom is -0.456 e. The normalized spacial score (nSPS) is 11.9. The fourth-order valence-electron chi connectivity index (χ4n) is 11.3. The van der Waals surface area contributed by atoms with Crippen LogP contribution in [-0.2, 0) is 0 Å². The van der Waals surface area contributed by atoms with Crippen molar-refractivity contribution < 1.29 is 4.42 Å². The molecule has 306 valence electrons. The Morgan fingerprint density at radius 2 is 0.667 bits per heavy atom. The molecule has 0 amide bonds. The van der Waals surface area contributed by atoms with Crippen molar-refractivity contribution in [3.63, 3.8) is 0 Å². The van der Waals surface area contributed by atoms with Crippen molar-refractivity contribution in [2.75, 3.05) is 0 Å². The van der Waals surface area contributed by atoms with E-state index in [9.17, 15) is 0 Å². The highest BCUT2D eigenvalue weighted by Gasteiger charge is 2.22. The Morgan fingerprint density at radius 3 is 1.18 bits per heavy atom. The third kappa shape index (κ3) is 5.36. The van der Waals surface area contributed by atoms with Gasteiger partial charge in [0.2, 0.25) is 0 Å². The largest absolute Gasteiger partial charge is 0.456 e. The Kier molecular flexibility index (Phi) is 8.02. The maximum atomic E-state index is 6.90. The lowest BCUT2D eigenvalue weighted by atomic mass is 9.84. The molecule has 0 saturated carbocycles. The standard InChI is InChI=1S/C64H39NO/c1-2-17-40(18-3-1)60-46-21-4-6-23-48(46)62(49-24-7-5-22-47(49)60)42-35-38-54-59(39-42)66-58-32-16-29-55(64(54)58)63-52-27-10-8-25-50(52)61(51-26-9-11-28-53(51)63)41-33-36-43(37-34-41)65-56-30-14-12-19-44(56)45-20-13-15-31-57(45)65/h1-39H. The molecule has 14 rings (SSSR count). The van der Waals surface area contributed by atoms with Crippen LogP contribution in [0, 0.1) is 0 Å². The molecule has 0 spiro atoms. The number of benzene rings is 12. The maximum absolute atomic E-state index is 6.90. The molecule has 2 aromatic heterocycles. The van der Waals surface area contributed by atoms with E-state index in [0.29, 0.717) is 0 Å². The van der Waals surface area contributed by atoms with E-state index >= 15 is 0 Å². The molecule has 0 aliphatic rings. The van der Waals surface area contributed by atoms with Gasteiger partial charge >= 0.3 is 0 Å². The van der Waals surface area contributed by atoms with Crippen LogP contribution in [0.2, 0.25) is 0 Å². The Hall–Kier alpha value is -8.72. The second-order valence-corrected chi connectivity index (χ2v) is 17.5. The monoisotopic (exact) mass is 837 g/mol. The molecule has 12 aromatic carbocycles. The van der Waals surface area contributed by atoms with E-state index in [1.165, 1.54) is 104 Å². The average Bonchev–Trinajstić information content (AvgIpc) is 3.93. The van der Waals surface area contributed by atoms with Gasteiger partial charge in [0, 0.05) is 27.2 Å². The lowest BCUT2D eigenvalue weighted by Gasteiger charge is -2.18. The molecule has 0 fully saturated rings. The molecule has 0 aliphatic carbocycles. The molecule has 0 aliphatic heterocycles. The van der Waals surface area contributed by atoms with Gasteiger partial charge in [-0.3, -0.25) is 0 Å². The third-order valence-electron chi connectivity index (χ3n) is 14.0. The Balaban J connectivity index is 0.953. The number of rotatable bonds is 5. The van der Waals surface area contributed by atoms with Crippen LogP contribution in [0.25, 0.3) is 137 Å². The average molecular weight is 838 g/mol. The van der Waals surface area contributed by atoms with Gasteiger partial charge in [-0.05, 0) is 130 Å². The summed E-state index contributed by atoms with van der Waals surface area (Å²) in [7, 11) is 0. The van der Waals surface area contributed by atoms with Gasteiger partial charge < -0.3 is 8.98 Å². The van der Waals surface area contributed by atoms with Crippen LogP contribution in [0.1, 0.15) is 0 Å². The zero-order chi connectivity index (χ0) is 43.3. The number of hydrogen-bond donors (Lipinski definition) is 0. The van der Waals surface area contributed by atoms with Gasteiger partial charge in [0.15, 0.2) is 0 Å². The molecule has 66 heavy (non-hydrogen) atoms. The van der Waals surface area contributed by atoms with Crippen molar-refractivity contribution in [1.29, 1.82) is 0 Å². The zero-order valence-corrected chi connectivity index (χ0v) is 35.9. The van der Waals surface area contributed by atoms with E-state index in [1.54, 1.807) is 0 Å². The summed E-state index contributed by atoms with van der Waals surface area (Å²) in [4.78, 5) is 0. The van der Waals surface area contributed by atoms with Crippen LogP contribution in [0.3, 0.4) is 0 Å². The molecule has 2 heterocycles. The van der Waals surface area contributed by atoms with Crippen LogP contribution >= 0.6 is 0 Å². The van der Waals surface area contributed by atoms with E-state index in [1.807, 2.05) is 0 Å². The van der Waals surface area contributed by atoms with Crippen molar-refractivity contribution in [3.8, 4) is 50.2 Å². The second kappa shape index (κ2) is 14.4. The molecule has 0 saturated heterocycles. The summed E-state index contributed by atoms with van der Waals surface area (Å²) in [5.74, 6) is 0. The minimum absolute atomic E-state index is 0.879. The van der Waals surface area contributed by atoms with Crippen molar-refractivity contribution >= 4 is 86.8 Å². The summed E-state index contributed by atoms with van der Waals surface area (Å²) in [6.45, 7) is 0. The first-order chi connectivity index (χ1) is 32.8. The summed E-state index contributed by atoms with van der Waals surface area (Å²) in [6.07, 6.45) is 0. The number of para-hydroxylation sites is 2. The molecule has 2 heteroatoms. The van der Waals surface area contributed by atoms with Gasteiger partial charge in [0.25, 0.3) is 0 Å². The maximum Gasteiger partial charge on any atom is 0.136 e. The Bertz CT molecular complexity index is 4100. The number of furan rings is 1. The fourth-order valence-corrected chi connectivity index (χ4v) is 11.3. The van der Waals surface area contributed by atoms with E-state index in [4.69, 9.17) is 4.42 Å². The molecular weight excluding hydrogens is 799 g/mol. The van der Waals surface area contributed by atoms with Crippen molar-refractivity contribution in [3.05, 3.63) is 237 Å². The second-order valence-electron chi connectivity index (χ2n) is 17.5. The highest BCUT2D eigenvalue weighted by molar-refractivity contribution is 6.27. The summed E-state index contributed by atoms with van der Waals surface area (Å²) in [6, 6.07) is 86.3. The fraction of sp³-hybridized carbons (Fsp3) is 0. The Morgan fingerprint density at radius 1 is 0.258 bits per heavy atom. The lowest BCUT2D eigenvalue weighted by Crippen LogP contribution is -1.94. The number of fused-ring (bicyclic) bond motifs is 10. The van der Waals surface area contributed by atoms with Gasteiger partial charge in [-0.15, -0.1) is 0 Å². The highest BCUT2D eigenvalue weighted by atomic mass is 16.3. The highest BCUT2D eigenvalue weighted by Crippen LogP contribution is 2.49. The summed E-state index contributed by atoms with van der Waals surface area (Å²) in [5.41, 5.74) is 15.0. The molecule has 0 bridgehead atoms. The van der Waals surface area contributed by atoms with Crippen LogP contribution < -0.4 is 0 Å². The van der Waals surface area contributed by atoms with Gasteiger partial charge in [0.05, 0.1) is 11.0 Å². The predicted octanol–water partition coefficient (Wildman–Crippen LogP) is 18.0. The zero-order valence-electron chi connectivity index (χ0n) is 35.9. The molecule has 0 radical (unpaired) electrons. The third-order valence-corrected chi connectivity index (χ3v) is 14.0. The van der Waals surface area contributed by atoms with E-state index in [0.717, 1.165) is 33.2 Å². The van der Waals surface area contributed by atoms with Crippen molar-refractivity contribution in [1.82, 2.24) is 4.57 Å². The first-order valence-electron chi connectivity index (χ1n) is 22.8. The molecule has 0 unspecified atom stereocenters. The summed E-state index contributed by atoms with van der Waals surface area (Å²) in [5, 5.41) is 14.6. The van der Waals surface area contributed by atoms with Crippen LogP contribution in [0.15, 0.2) is 241 Å². The van der Waals surface area contributed by atoms with Gasteiger partial charge in [-0.25, -0.2) is 0 Å². The van der Waals surface area contributed by atoms with Gasteiger partial charge in [0.1, 0.15) is 11.2 Å². The first kappa shape index (κ1) is 36.7.